The quantitative estimate of drug-likeness (QED) is 0.694. The number of methoxy groups -OCH3 is 1. The number of aryl methyl sites for hydroxylation is 1. The van der Waals surface area contributed by atoms with Crippen LogP contribution in [0.5, 0.6) is 5.75 Å². The van der Waals surface area contributed by atoms with Gasteiger partial charge in [-0.15, -0.1) is 0 Å². The molecule has 0 aliphatic heterocycles. The summed E-state index contributed by atoms with van der Waals surface area (Å²) in [6.07, 6.45) is 3.60. The number of hydrogen-bond acceptors (Lipinski definition) is 5. The van der Waals surface area contributed by atoms with Crippen molar-refractivity contribution in [3.05, 3.63) is 36.2 Å². The first kappa shape index (κ1) is 14.3. The van der Waals surface area contributed by atoms with E-state index in [-0.39, 0.29) is 0 Å². The van der Waals surface area contributed by atoms with Crippen LogP contribution in [0.15, 0.2) is 35.5 Å². The van der Waals surface area contributed by atoms with Crippen LogP contribution < -0.4 is 10.5 Å². The zero-order chi connectivity index (χ0) is 14.5. The lowest BCUT2D eigenvalue weighted by molar-refractivity contribution is 0.416. The van der Waals surface area contributed by atoms with Gasteiger partial charge in [-0.05, 0) is 31.4 Å². The fourth-order valence-electron chi connectivity index (χ4n) is 1.78. The average molecular weight is 288 g/mol. The summed E-state index contributed by atoms with van der Waals surface area (Å²) in [7, 11) is 1.63. The zero-order valence-corrected chi connectivity index (χ0v) is 12.4. The molecule has 0 saturated carbocycles. The molecule has 104 valence electrons. The third-order valence-corrected chi connectivity index (χ3v) is 3.23. The van der Waals surface area contributed by atoms with Crippen LogP contribution >= 0.6 is 11.8 Å². The molecule has 2 aromatic rings. The Balaban J connectivity index is 2.45. The van der Waals surface area contributed by atoms with Crippen LogP contribution in [0.25, 0.3) is 11.1 Å². The minimum atomic E-state index is 0.515. The summed E-state index contributed by atoms with van der Waals surface area (Å²) in [4.78, 5) is 4.29. The van der Waals surface area contributed by atoms with Gasteiger partial charge in [0.15, 0.2) is 5.17 Å². The highest BCUT2D eigenvalue weighted by Gasteiger charge is 2.08. The highest BCUT2D eigenvalue weighted by molar-refractivity contribution is 8.13. The summed E-state index contributed by atoms with van der Waals surface area (Å²) in [5.41, 5.74) is 9.25. The molecule has 0 saturated heterocycles. The van der Waals surface area contributed by atoms with Crippen molar-refractivity contribution < 1.29 is 4.74 Å². The summed E-state index contributed by atoms with van der Waals surface area (Å²) >= 11 is 1.40. The summed E-state index contributed by atoms with van der Waals surface area (Å²) in [5.74, 6) is 0.729. The Labute approximate surface area is 122 Å². The number of nitrogens with zero attached hydrogens (tertiary/aromatic N) is 3. The van der Waals surface area contributed by atoms with Crippen molar-refractivity contribution in [1.29, 1.82) is 0 Å². The van der Waals surface area contributed by atoms with Crippen molar-refractivity contribution in [3.63, 3.8) is 0 Å². The number of amidine groups is 1. The molecule has 0 unspecified atom stereocenters. The van der Waals surface area contributed by atoms with Gasteiger partial charge in [0.25, 0.3) is 0 Å². The van der Waals surface area contributed by atoms with E-state index in [1.165, 1.54) is 11.8 Å². The number of aromatic nitrogens is 2. The van der Waals surface area contributed by atoms with Crippen molar-refractivity contribution in [2.45, 2.75) is 6.92 Å². The first-order chi connectivity index (χ1) is 9.63. The Morgan fingerprint density at radius 2 is 2.15 bits per heavy atom. The number of aliphatic imine (C=N–C) groups is 1. The number of rotatable bonds is 3. The third kappa shape index (κ3) is 3.27. The Bertz CT molecular complexity index is 643. The average Bonchev–Trinajstić information content (AvgIpc) is 2.47. The number of thioether (sulfide) groups is 1. The molecule has 2 rings (SSSR count). The van der Waals surface area contributed by atoms with E-state index in [0.29, 0.717) is 5.17 Å². The van der Waals surface area contributed by atoms with Crippen LogP contribution in [0.3, 0.4) is 0 Å². The van der Waals surface area contributed by atoms with E-state index >= 15 is 0 Å². The molecule has 0 fully saturated rings. The molecule has 1 aromatic heterocycles. The van der Waals surface area contributed by atoms with E-state index in [1.807, 2.05) is 37.4 Å². The Hall–Kier alpha value is -2.08. The van der Waals surface area contributed by atoms with E-state index in [2.05, 4.69) is 15.2 Å². The Kier molecular flexibility index (Phi) is 4.57. The molecule has 1 heterocycles. The van der Waals surface area contributed by atoms with Crippen molar-refractivity contribution in [1.82, 2.24) is 10.2 Å². The van der Waals surface area contributed by atoms with Gasteiger partial charge in [0.05, 0.1) is 24.7 Å². The molecule has 0 spiro atoms. The van der Waals surface area contributed by atoms with Crippen LogP contribution in [0, 0.1) is 6.92 Å². The van der Waals surface area contributed by atoms with E-state index < -0.39 is 0 Å². The molecule has 0 amide bonds. The van der Waals surface area contributed by atoms with E-state index in [0.717, 1.165) is 28.3 Å². The lowest BCUT2D eigenvalue weighted by Gasteiger charge is -2.09. The minimum absolute atomic E-state index is 0.515. The number of benzene rings is 1. The molecule has 20 heavy (non-hydrogen) atoms. The highest BCUT2D eigenvalue weighted by atomic mass is 32.2. The predicted molar refractivity (Wildman–Crippen MR) is 83.6 cm³/mol. The molecular formula is C14H16N4OS. The molecule has 5 nitrogen and oxygen atoms in total. The molecule has 1 aromatic carbocycles. The number of hydrogen-bond donors (Lipinski definition) is 1. The van der Waals surface area contributed by atoms with Crippen LogP contribution in [-0.4, -0.2) is 28.7 Å². The molecule has 0 atom stereocenters. The maximum absolute atomic E-state index is 5.72. The maximum Gasteiger partial charge on any atom is 0.158 e. The van der Waals surface area contributed by atoms with Crippen LogP contribution in [0.1, 0.15) is 5.69 Å². The fraction of sp³-hybridized carbons (Fsp3) is 0.214. The Morgan fingerprint density at radius 3 is 2.80 bits per heavy atom. The van der Waals surface area contributed by atoms with Crippen LogP contribution in [0.4, 0.5) is 5.69 Å². The summed E-state index contributed by atoms with van der Waals surface area (Å²) in [6.45, 7) is 1.90. The topological polar surface area (TPSA) is 73.4 Å². The lowest BCUT2D eigenvalue weighted by Crippen LogP contribution is -2.04. The summed E-state index contributed by atoms with van der Waals surface area (Å²) in [6, 6.07) is 7.66. The number of ether oxygens (including phenoxy) is 1. The van der Waals surface area contributed by atoms with Gasteiger partial charge >= 0.3 is 0 Å². The SMILES string of the molecule is COc1cc(N=C(N)SC)ccc1-c1cnnc(C)c1. The van der Waals surface area contributed by atoms with Crippen molar-refractivity contribution >= 4 is 22.6 Å². The molecule has 6 heteroatoms. The second kappa shape index (κ2) is 6.38. The molecular weight excluding hydrogens is 272 g/mol. The van der Waals surface area contributed by atoms with Gasteiger partial charge in [0.1, 0.15) is 5.75 Å². The first-order valence-electron chi connectivity index (χ1n) is 6.00. The van der Waals surface area contributed by atoms with Gasteiger partial charge in [0.2, 0.25) is 0 Å². The summed E-state index contributed by atoms with van der Waals surface area (Å²) in [5, 5.41) is 8.44. The van der Waals surface area contributed by atoms with Gasteiger partial charge in [-0.1, -0.05) is 11.8 Å². The van der Waals surface area contributed by atoms with Gasteiger partial charge in [0, 0.05) is 17.2 Å². The van der Waals surface area contributed by atoms with E-state index in [4.69, 9.17) is 10.5 Å². The number of nitrogens with two attached hydrogens (primary N) is 1. The van der Waals surface area contributed by atoms with E-state index in [1.54, 1.807) is 13.3 Å². The molecule has 0 bridgehead atoms. The maximum atomic E-state index is 5.72. The van der Waals surface area contributed by atoms with Gasteiger partial charge in [-0.2, -0.15) is 10.2 Å². The minimum Gasteiger partial charge on any atom is -0.496 e. The van der Waals surface area contributed by atoms with Crippen molar-refractivity contribution in [2.24, 2.45) is 10.7 Å². The standard InChI is InChI=1S/C14H16N4OS/c1-9-6-10(8-16-18-9)12-5-4-11(7-13(12)19-2)17-14(15)20-3/h4-8H,1-3H3,(H2,15,17). The largest absolute Gasteiger partial charge is 0.496 e. The van der Waals surface area contributed by atoms with Crippen LogP contribution in [-0.2, 0) is 0 Å². The molecule has 0 aliphatic rings. The third-order valence-electron chi connectivity index (χ3n) is 2.72. The fourth-order valence-corrected chi connectivity index (χ4v) is 1.98. The lowest BCUT2D eigenvalue weighted by atomic mass is 10.1. The predicted octanol–water partition coefficient (Wildman–Crippen LogP) is 2.77. The van der Waals surface area contributed by atoms with Gasteiger partial charge in [-0.3, -0.25) is 0 Å². The monoisotopic (exact) mass is 288 g/mol. The zero-order valence-electron chi connectivity index (χ0n) is 11.6. The van der Waals surface area contributed by atoms with Crippen molar-refractivity contribution in [2.75, 3.05) is 13.4 Å². The molecule has 0 aliphatic carbocycles. The Morgan fingerprint density at radius 1 is 1.35 bits per heavy atom. The van der Waals surface area contributed by atoms with Crippen molar-refractivity contribution in [3.8, 4) is 16.9 Å². The van der Waals surface area contributed by atoms with Gasteiger partial charge in [-0.25, -0.2) is 4.99 Å². The normalized spacial score (nSPS) is 11.4. The first-order valence-corrected chi connectivity index (χ1v) is 7.22. The second-order valence-electron chi connectivity index (χ2n) is 4.12. The van der Waals surface area contributed by atoms with E-state index in [9.17, 15) is 0 Å². The second-order valence-corrected chi connectivity index (χ2v) is 4.95. The summed E-state index contributed by atoms with van der Waals surface area (Å²) < 4.78 is 5.43. The van der Waals surface area contributed by atoms with Crippen LogP contribution in [0.2, 0.25) is 0 Å². The highest BCUT2D eigenvalue weighted by Crippen LogP contribution is 2.33. The molecule has 2 N–H and O–H groups in total. The smallest absolute Gasteiger partial charge is 0.158 e. The molecule has 0 radical (unpaired) electrons. The van der Waals surface area contributed by atoms with Gasteiger partial charge < -0.3 is 10.5 Å².